The summed E-state index contributed by atoms with van der Waals surface area (Å²) in [5.41, 5.74) is 3.25. The SMILES string of the molecule is O=C(O)c1ccc2[nH]c3ccc(OCc4ccccc4)cc3c2c1. The molecule has 118 valence electrons. The summed E-state index contributed by atoms with van der Waals surface area (Å²) in [4.78, 5) is 14.5. The number of aromatic nitrogens is 1. The Bertz CT molecular complexity index is 1030. The first kappa shape index (κ1) is 14.3. The molecule has 0 saturated heterocycles. The predicted octanol–water partition coefficient (Wildman–Crippen LogP) is 4.60. The minimum absolute atomic E-state index is 0.277. The van der Waals surface area contributed by atoms with Crippen LogP contribution in [0.4, 0.5) is 0 Å². The van der Waals surface area contributed by atoms with Gasteiger partial charge in [-0.1, -0.05) is 30.3 Å². The van der Waals surface area contributed by atoms with Gasteiger partial charge in [0, 0.05) is 21.8 Å². The van der Waals surface area contributed by atoms with Crippen molar-refractivity contribution in [3.05, 3.63) is 77.9 Å². The summed E-state index contributed by atoms with van der Waals surface area (Å²) in [5.74, 6) is -0.171. The lowest BCUT2D eigenvalue weighted by atomic mass is 10.1. The Morgan fingerprint density at radius 2 is 1.62 bits per heavy atom. The van der Waals surface area contributed by atoms with Gasteiger partial charge in [-0.05, 0) is 42.0 Å². The monoisotopic (exact) mass is 317 g/mol. The molecule has 4 nitrogen and oxygen atoms in total. The third kappa shape index (κ3) is 2.58. The van der Waals surface area contributed by atoms with Crippen molar-refractivity contribution in [1.29, 1.82) is 0 Å². The van der Waals surface area contributed by atoms with Gasteiger partial charge in [-0.25, -0.2) is 4.79 Å². The lowest BCUT2D eigenvalue weighted by Gasteiger charge is -2.06. The Morgan fingerprint density at radius 1 is 0.917 bits per heavy atom. The smallest absolute Gasteiger partial charge is 0.335 e. The molecule has 0 aliphatic carbocycles. The van der Waals surface area contributed by atoms with Gasteiger partial charge in [-0.15, -0.1) is 0 Å². The van der Waals surface area contributed by atoms with E-state index in [2.05, 4.69) is 4.98 Å². The maximum absolute atomic E-state index is 11.2. The quantitative estimate of drug-likeness (QED) is 0.578. The normalized spacial score (nSPS) is 11.0. The van der Waals surface area contributed by atoms with Gasteiger partial charge in [0.15, 0.2) is 0 Å². The Kier molecular flexibility index (Phi) is 3.43. The molecular formula is C20H15NO3. The maximum atomic E-state index is 11.2. The number of nitrogens with one attached hydrogen (secondary N) is 1. The van der Waals surface area contributed by atoms with Crippen LogP contribution in [0.2, 0.25) is 0 Å². The average Bonchev–Trinajstić information content (AvgIpc) is 2.98. The van der Waals surface area contributed by atoms with Crippen LogP contribution >= 0.6 is 0 Å². The van der Waals surface area contributed by atoms with E-state index in [1.807, 2.05) is 48.5 Å². The van der Waals surface area contributed by atoms with Crippen molar-refractivity contribution in [2.75, 3.05) is 0 Å². The van der Waals surface area contributed by atoms with E-state index in [1.165, 1.54) is 0 Å². The van der Waals surface area contributed by atoms with Gasteiger partial charge in [-0.2, -0.15) is 0 Å². The molecule has 0 unspecified atom stereocenters. The number of carboxylic acids is 1. The number of H-pyrrole nitrogens is 1. The Labute approximate surface area is 138 Å². The van der Waals surface area contributed by atoms with Crippen molar-refractivity contribution in [3.8, 4) is 5.75 Å². The largest absolute Gasteiger partial charge is 0.489 e. The fourth-order valence-corrected chi connectivity index (χ4v) is 2.84. The van der Waals surface area contributed by atoms with Crippen molar-refractivity contribution < 1.29 is 14.6 Å². The molecule has 4 aromatic rings. The zero-order chi connectivity index (χ0) is 16.5. The highest BCUT2D eigenvalue weighted by Crippen LogP contribution is 2.29. The van der Waals surface area contributed by atoms with E-state index in [0.717, 1.165) is 33.1 Å². The minimum Gasteiger partial charge on any atom is -0.489 e. The molecule has 0 radical (unpaired) electrons. The molecule has 0 spiro atoms. The number of benzene rings is 3. The minimum atomic E-state index is -0.928. The average molecular weight is 317 g/mol. The first-order valence-electron chi connectivity index (χ1n) is 7.66. The topological polar surface area (TPSA) is 62.3 Å². The van der Waals surface area contributed by atoms with Crippen LogP contribution in [-0.4, -0.2) is 16.1 Å². The summed E-state index contributed by atoms with van der Waals surface area (Å²) >= 11 is 0. The van der Waals surface area contributed by atoms with Crippen LogP contribution in [-0.2, 0) is 6.61 Å². The summed E-state index contributed by atoms with van der Waals surface area (Å²) in [6.45, 7) is 0.495. The lowest BCUT2D eigenvalue weighted by Crippen LogP contribution is -1.95. The molecule has 0 aliphatic heterocycles. The van der Waals surface area contributed by atoms with Crippen molar-refractivity contribution in [1.82, 2.24) is 4.98 Å². The Balaban J connectivity index is 1.71. The molecule has 1 heterocycles. The lowest BCUT2D eigenvalue weighted by molar-refractivity contribution is 0.0697. The van der Waals surface area contributed by atoms with Crippen molar-refractivity contribution in [2.24, 2.45) is 0 Å². The number of fused-ring (bicyclic) bond motifs is 3. The zero-order valence-electron chi connectivity index (χ0n) is 12.8. The summed E-state index contributed by atoms with van der Waals surface area (Å²) in [6.07, 6.45) is 0. The van der Waals surface area contributed by atoms with E-state index in [1.54, 1.807) is 18.2 Å². The molecule has 0 atom stereocenters. The fraction of sp³-hybridized carbons (Fsp3) is 0.0500. The first-order chi connectivity index (χ1) is 11.7. The molecule has 0 amide bonds. The van der Waals surface area contributed by atoms with Crippen LogP contribution in [0.15, 0.2) is 66.7 Å². The molecule has 0 fully saturated rings. The van der Waals surface area contributed by atoms with Gasteiger partial charge in [0.25, 0.3) is 0 Å². The van der Waals surface area contributed by atoms with Crippen LogP contribution in [0.25, 0.3) is 21.8 Å². The van der Waals surface area contributed by atoms with E-state index in [-0.39, 0.29) is 5.56 Å². The second kappa shape index (κ2) is 5.74. The van der Waals surface area contributed by atoms with Gasteiger partial charge in [0.1, 0.15) is 12.4 Å². The summed E-state index contributed by atoms with van der Waals surface area (Å²) in [5, 5.41) is 11.0. The highest BCUT2D eigenvalue weighted by Gasteiger charge is 2.09. The molecular weight excluding hydrogens is 302 g/mol. The van der Waals surface area contributed by atoms with E-state index < -0.39 is 5.97 Å². The number of carbonyl (C=O) groups is 1. The first-order valence-corrected chi connectivity index (χ1v) is 7.66. The summed E-state index contributed by atoms with van der Waals surface area (Å²) < 4.78 is 5.87. The molecule has 3 aromatic carbocycles. The molecule has 4 rings (SSSR count). The van der Waals surface area contributed by atoms with Gasteiger partial charge in [0.05, 0.1) is 5.56 Å². The van der Waals surface area contributed by atoms with Crippen LogP contribution < -0.4 is 4.74 Å². The van der Waals surface area contributed by atoms with Crippen molar-refractivity contribution in [3.63, 3.8) is 0 Å². The second-order valence-electron chi connectivity index (χ2n) is 5.67. The summed E-state index contributed by atoms with van der Waals surface area (Å²) in [7, 11) is 0. The molecule has 24 heavy (non-hydrogen) atoms. The molecule has 1 aromatic heterocycles. The Morgan fingerprint density at radius 3 is 2.38 bits per heavy atom. The van der Waals surface area contributed by atoms with Crippen LogP contribution in [0, 0.1) is 0 Å². The number of ether oxygens (including phenoxy) is 1. The van der Waals surface area contributed by atoms with E-state index in [0.29, 0.717) is 6.61 Å². The van der Waals surface area contributed by atoms with E-state index in [9.17, 15) is 9.90 Å². The van der Waals surface area contributed by atoms with Crippen LogP contribution in [0.5, 0.6) is 5.75 Å². The highest BCUT2D eigenvalue weighted by molar-refractivity contribution is 6.09. The van der Waals surface area contributed by atoms with Crippen molar-refractivity contribution in [2.45, 2.75) is 6.61 Å². The van der Waals surface area contributed by atoms with Crippen LogP contribution in [0.1, 0.15) is 15.9 Å². The highest BCUT2D eigenvalue weighted by atomic mass is 16.5. The number of aromatic carboxylic acids is 1. The number of hydrogen-bond acceptors (Lipinski definition) is 2. The number of carboxylic acid groups (broad SMARTS) is 1. The third-order valence-electron chi connectivity index (χ3n) is 4.07. The van der Waals surface area contributed by atoms with Crippen LogP contribution in [0.3, 0.4) is 0 Å². The van der Waals surface area contributed by atoms with Crippen molar-refractivity contribution >= 4 is 27.8 Å². The van der Waals surface area contributed by atoms with Gasteiger partial charge in [0.2, 0.25) is 0 Å². The number of rotatable bonds is 4. The Hall–Kier alpha value is -3.27. The molecule has 0 aliphatic rings. The fourth-order valence-electron chi connectivity index (χ4n) is 2.84. The standard InChI is InChI=1S/C20H15NO3/c22-20(23)14-6-8-18-16(10-14)17-11-15(7-9-19(17)21-18)24-12-13-4-2-1-3-5-13/h1-11,21H,12H2,(H,22,23). The predicted molar refractivity (Wildman–Crippen MR) is 93.5 cm³/mol. The molecule has 0 bridgehead atoms. The van der Waals surface area contributed by atoms with Gasteiger partial charge >= 0.3 is 5.97 Å². The van der Waals surface area contributed by atoms with Gasteiger partial charge < -0.3 is 14.8 Å². The van der Waals surface area contributed by atoms with E-state index >= 15 is 0 Å². The van der Waals surface area contributed by atoms with Gasteiger partial charge in [-0.3, -0.25) is 0 Å². The van der Waals surface area contributed by atoms with E-state index in [4.69, 9.17) is 4.74 Å². The maximum Gasteiger partial charge on any atom is 0.335 e. The zero-order valence-corrected chi connectivity index (χ0v) is 12.8. The third-order valence-corrected chi connectivity index (χ3v) is 4.07. The summed E-state index contributed by atoms with van der Waals surface area (Å²) in [6, 6.07) is 20.9. The molecule has 2 N–H and O–H groups in total. The number of hydrogen-bond donors (Lipinski definition) is 2. The second-order valence-corrected chi connectivity index (χ2v) is 5.67. The number of aromatic amines is 1. The molecule has 4 heteroatoms. The molecule has 0 saturated carbocycles.